The second kappa shape index (κ2) is 10.1. The molecule has 0 spiro atoms. The molecule has 6 heteroatoms. The fraction of sp³-hybridized carbons (Fsp3) is 0.533. The Morgan fingerprint density at radius 2 is 2.00 bits per heavy atom. The summed E-state index contributed by atoms with van der Waals surface area (Å²) in [5, 5.41) is 2.76. The number of ether oxygens (including phenoxy) is 1. The summed E-state index contributed by atoms with van der Waals surface area (Å²) in [6, 6.07) is 6.31. The third kappa shape index (κ3) is 8.24. The third-order valence-corrected chi connectivity index (χ3v) is 2.97. The standard InChI is InChI=1S/C15H22F2N2O2/c16-15(17)21-13-7-5-6-12(10-13)11-19-14(20)8-3-1-2-4-9-18/h5-7,10,15H,1-4,8-9,11,18H2,(H,19,20). The molecule has 0 aromatic heterocycles. The highest BCUT2D eigenvalue weighted by atomic mass is 19.3. The summed E-state index contributed by atoms with van der Waals surface area (Å²) in [7, 11) is 0. The highest BCUT2D eigenvalue weighted by Gasteiger charge is 2.05. The molecule has 3 N–H and O–H groups in total. The molecule has 0 aliphatic heterocycles. The number of rotatable bonds is 10. The van der Waals surface area contributed by atoms with Crippen LogP contribution in [0.3, 0.4) is 0 Å². The maximum atomic E-state index is 12.1. The monoisotopic (exact) mass is 300 g/mol. The quantitative estimate of drug-likeness (QED) is 0.653. The Kier molecular flexibility index (Phi) is 8.35. The molecule has 0 fully saturated rings. The van der Waals surface area contributed by atoms with Crippen molar-refractivity contribution in [3.8, 4) is 5.75 Å². The summed E-state index contributed by atoms with van der Waals surface area (Å²) in [4.78, 5) is 11.6. The lowest BCUT2D eigenvalue weighted by molar-refractivity contribution is -0.121. The second-order valence-electron chi connectivity index (χ2n) is 4.76. The summed E-state index contributed by atoms with van der Waals surface area (Å²) in [6.07, 6.45) is 4.32. The van der Waals surface area contributed by atoms with E-state index < -0.39 is 6.61 Å². The predicted octanol–water partition coefficient (Wildman–Crippen LogP) is 2.81. The van der Waals surface area contributed by atoms with E-state index in [1.165, 1.54) is 12.1 Å². The highest BCUT2D eigenvalue weighted by Crippen LogP contribution is 2.15. The van der Waals surface area contributed by atoms with E-state index in [9.17, 15) is 13.6 Å². The van der Waals surface area contributed by atoms with Crippen LogP contribution in [0.15, 0.2) is 24.3 Å². The average Bonchev–Trinajstić information content (AvgIpc) is 2.44. The average molecular weight is 300 g/mol. The van der Waals surface area contributed by atoms with Crippen LogP contribution in [0.2, 0.25) is 0 Å². The molecular formula is C15H22F2N2O2. The van der Waals surface area contributed by atoms with Crippen LogP contribution < -0.4 is 15.8 Å². The molecule has 1 aromatic rings. The minimum absolute atomic E-state index is 0.0390. The van der Waals surface area contributed by atoms with E-state index in [1.807, 2.05) is 0 Å². The number of halogens is 2. The Hall–Kier alpha value is -1.69. The Labute approximate surface area is 123 Å². The van der Waals surface area contributed by atoms with Crippen LogP contribution in [0.4, 0.5) is 8.78 Å². The van der Waals surface area contributed by atoms with Gasteiger partial charge in [-0.3, -0.25) is 4.79 Å². The molecule has 0 aliphatic rings. The number of alkyl halides is 2. The lowest BCUT2D eigenvalue weighted by Crippen LogP contribution is -2.22. The van der Waals surface area contributed by atoms with E-state index >= 15 is 0 Å². The maximum Gasteiger partial charge on any atom is 0.387 e. The van der Waals surface area contributed by atoms with Crippen molar-refractivity contribution in [2.24, 2.45) is 5.73 Å². The number of unbranched alkanes of at least 4 members (excludes halogenated alkanes) is 3. The predicted molar refractivity (Wildman–Crippen MR) is 77.1 cm³/mol. The highest BCUT2D eigenvalue weighted by molar-refractivity contribution is 5.75. The van der Waals surface area contributed by atoms with Gasteiger partial charge in [0.2, 0.25) is 5.91 Å². The van der Waals surface area contributed by atoms with Gasteiger partial charge in [-0.05, 0) is 37.1 Å². The molecule has 118 valence electrons. The molecular weight excluding hydrogens is 278 g/mol. The largest absolute Gasteiger partial charge is 0.435 e. The topological polar surface area (TPSA) is 64.4 Å². The number of hydrogen-bond acceptors (Lipinski definition) is 3. The van der Waals surface area contributed by atoms with Crippen molar-refractivity contribution < 1.29 is 18.3 Å². The molecule has 0 aliphatic carbocycles. The molecule has 4 nitrogen and oxygen atoms in total. The van der Waals surface area contributed by atoms with Crippen LogP contribution >= 0.6 is 0 Å². The second-order valence-corrected chi connectivity index (χ2v) is 4.76. The summed E-state index contributed by atoms with van der Waals surface area (Å²) in [5.74, 6) is 0.0569. The van der Waals surface area contributed by atoms with Crippen molar-refractivity contribution in [3.05, 3.63) is 29.8 Å². The molecule has 1 rings (SSSR count). The van der Waals surface area contributed by atoms with E-state index in [0.717, 1.165) is 31.2 Å². The van der Waals surface area contributed by atoms with Crippen LogP contribution in [-0.2, 0) is 11.3 Å². The number of carbonyl (C=O) groups excluding carboxylic acids is 1. The minimum Gasteiger partial charge on any atom is -0.435 e. The summed E-state index contributed by atoms with van der Waals surface area (Å²) < 4.78 is 28.5. The van der Waals surface area contributed by atoms with Gasteiger partial charge in [-0.15, -0.1) is 0 Å². The maximum absolute atomic E-state index is 12.1. The first-order chi connectivity index (χ1) is 10.1. The number of hydrogen-bond donors (Lipinski definition) is 2. The van der Waals surface area contributed by atoms with Crippen LogP contribution in [0.5, 0.6) is 5.75 Å². The van der Waals surface area contributed by atoms with Crippen molar-refractivity contribution in [2.45, 2.75) is 45.3 Å². The van der Waals surface area contributed by atoms with Gasteiger partial charge in [-0.1, -0.05) is 25.0 Å². The van der Waals surface area contributed by atoms with Gasteiger partial charge in [-0.25, -0.2) is 0 Å². The fourth-order valence-electron chi connectivity index (χ4n) is 1.90. The van der Waals surface area contributed by atoms with Gasteiger partial charge in [0.15, 0.2) is 0 Å². The van der Waals surface area contributed by atoms with E-state index in [2.05, 4.69) is 10.1 Å². The Balaban J connectivity index is 2.26. The van der Waals surface area contributed by atoms with Gasteiger partial charge in [0.05, 0.1) is 0 Å². The Morgan fingerprint density at radius 3 is 2.71 bits per heavy atom. The molecule has 1 aromatic carbocycles. The van der Waals surface area contributed by atoms with Gasteiger partial charge < -0.3 is 15.8 Å². The minimum atomic E-state index is -2.84. The molecule has 0 heterocycles. The first-order valence-electron chi connectivity index (χ1n) is 7.12. The van der Waals surface area contributed by atoms with Crippen molar-refractivity contribution in [1.29, 1.82) is 0 Å². The molecule has 0 unspecified atom stereocenters. The zero-order chi connectivity index (χ0) is 15.5. The van der Waals surface area contributed by atoms with Crippen molar-refractivity contribution in [2.75, 3.05) is 6.54 Å². The van der Waals surface area contributed by atoms with Gasteiger partial charge in [0.1, 0.15) is 5.75 Å². The van der Waals surface area contributed by atoms with E-state index in [-0.39, 0.29) is 11.7 Å². The molecule has 1 amide bonds. The Morgan fingerprint density at radius 1 is 1.24 bits per heavy atom. The molecule has 0 atom stereocenters. The lowest BCUT2D eigenvalue weighted by Gasteiger charge is -2.08. The molecule has 0 bridgehead atoms. The number of nitrogens with one attached hydrogen (secondary N) is 1. The van der Waals surface area contributed by atoms with Crippen molar-refractivity contribution in [3.63, 3.8) is 0 Å². The molecule has 0 radical (unpaired) electrons. The number of nitrogens with two attached hydrogens (primary N) is 1. The van der Waals surface area contributed by atoms with Crippen molar-refractivity contribution >= 4 is 5.91 Å². The van der Waals surface area contributed by atoms with E-state index in [4.69, 9.17) is 5.73 Å². The van der Waals surface area contributed by atoms with Crippen LogP contribution in [-0.4, -0.2) is 19.1 Å². The molecule has 0 saturated carbocycles. The third-order valence-electron chi connectivity index (χ3n) is 2.97. The van der Waals surface area contributed by atoms with E-state index in [1.54, 1.807) is 12.1 Å². The fourth-order valence-corrected chi connectivity index (χ4v) is 1.90. The van der Waals surface area contributed by atoms with Gasteiger partial charge in [-0.2, -0.15) is 8.78 Å². The SMILES string of the molecule is NCCCCCCC(=O)NCc1cccc(OC(F)F)c1. The zero-order valence-electron chi connectivity index (χ0n) is 12.0. The normalized spacial score (nSPS) is 10.7. The van der Waals surface area contributed by atoms with Crippen molar-refractivity contribution in [1.82, 2.24) is 5.32 Å². The molecule has 0 saturated heterocycles. The number of benzene rings is 1. The zero-order valence-corrected chi connectivity index (χ0v) is 12.0. The van der Waals surface area contributed by atoms with Gasteiger partial charge in [0.25, 0.3) is 0 Å². The number of amides is 1. The Bertz CT molecular complexity index is 428. The van der Waals surface area contributed by atoms with Gasteiger partial charge in [0, 0.05) is 13.0 Å². The smallest absolute Gasteiger partial charge is 0.387 e. The first-order valence-corrected chi connectivity index (χ1v) is 7.12. The first kappa shape index (κ1) is 17.4. The summed E-state index contributed by atoms with van der Waals surface area (Å²) in [6.45, 7) is -1.85. The lowest BCUT2D eigenvalue weighted by atomic mass is 10.1. The van der Waals surface area contributed by atoms with Crippen LogP contribution in [0, 0.1) is 0 Å². The molecule has 21 heavy (non-hydrogen) atoms. The van der Waals surface area contributed by atoms with Crippen LogP contribution in [0.25, 0.3) is 0 Å². The van der Waals surface area contributed by atoms with E-state index in [0.29, 0.717) is 19.5 Å². The van der Waals surface area contributed by atoms with Crippen LogP contribution in [0.1, 0.15) is 37.7 Å². The summed E-state index contributed by atoms with van der Waals surface area (Å²) >= 11 is 0. The van der Waals surface area contributed by atoms with Gasteiger partial charge >= 0.3 is 6.61 Å². The number of carbonyl (C=O) groups is 1. The summed E-state index contributed by atoms with van der Waals surface area (Å²) in [5.41, 5.74) is 6.12.